The quantitative estimate of drug-likeness (QED) is 0.619. The molecule has 3 rings (SSSR count). The minimum absolute atomic E-state index is 0.00724. The van der Waals surface area contributed by atoms with Crippen molar-refractivity contribution in [3.05, 3.63) is 57.1 Å². The molecule has 5 heteroatoms. The summed E-state index contributed by atoms with van der Waals surface area (Å²) in [5, 5.41) is 4.26. The molecule has 3 nitrogen and oxygen atoms in total. The van der Waals surface area contributed by atoms with Crippen LogP contribution in [0, 0.1) is 13.8 Å². The Morgan fingerprint density at radius 1 is 1.11 bits per heavy atom. The highest BCUT2D eigenvalue weighted by atomic mass is 35.5. The highest BCUT2D eigenvalue weighted by Crippen LogP contribution is 2.45. The SMILES string of the molecule is CCOc1c(C)cc(NC(=O)C2(c3ccc(Cl)cc3Cl)CCCC2)cc1C. The fourth-order valence-corrected chi connectivity index (χ4v) is 4.71. The number of ether oxygens (including phenoxy) is 1. The van der Waals surface area contributed by atoms with Gasteiger partial charge in [0.2, 0.25) is 5.91 Å². The van der Waals surface area contributed by atoms with Gasteiger partial charge in [0.25, 0.3) is 0 Å². The normalized spacial score (nSPS) is 15.6. The van der Waals surface area contributed by atoms with Gasteiger partial charge in [-0.25, -0.2) is 0 Å². The minimum Gasteiger partial charge on any atom is -0.493 e. The summed E-state index contributed by atoms with van der Waals surface area (Å²) in [7, 11) is 0. The van der Waals surface area contributed by atoms with Gasteiger partial charge in [-0.2, -0.15) is 0 Å². The molecular weight excluding hydrogens is 381 g/mol. The average molecular weight is 406 g/mol. The summed E-state index contributed by atoms with van der Waals surface area (Å²) in [6.45, 7) is 6.57. The number of aryl methyl sites for hydroxylation is 2. The van der Waals surface area contributed by atoms with Crippen LogP contribution in [0.4, 0.5) is 5.69 Å². The van der Waals surface area contributed by atoms with Gasteiger partial charge in [0.1, 0.15) is 5.75 Å². The zero-order valence-corrected chi connectivity index (χ0v) is 17.5. The number of rotatable bonds is 5. The molecule has 0 bridgehead atoms. The Bertz CT molecular complexity index is 834. The van der Waals surface area contributed by atoms with Gasteiger partial charge < -0.3 is 10.1 Å². The summed E-state index contributed by atoms with van der Waals surface area (Å²) in [4.78, 5) is 13.4. The van der Waals surface area contributed by atoms with Gasteiger partial charge in [0.05, 0.1) is 12.0 Å². The summed E-state index contributed by atoms with van der Waals surface area (Å²) in [6.07, 6.45) is 3.59. The monoisotopic (exact) mass is 405 g/mol. The molecule has 1 aliphatic carbocycles. The molecule has 2 aromatic rings. The second-order valence-corrected chi connectivity index (χ2v) is 8.08. The third kappa shape index (κ3) is 3.95. The highest BCUT2D eigenvalue weighted by Gasteiger charge is 2.44. The number of amides is 1. The van der Waals surface area contributed by atoms with Gasteiger partial charge in [-0.05, 0) is 74.6 Å². The number of carbonyl (C=O) groups excluding carboxylic acids is 1. The number of nitrogens with one attached hydrogen (secondary N) is 1. The van der Waals surface area contributed by atoms with Gasteiger partial charge >= 0.3 is 0 Å². The second-order valence-electron chi connectivity index (χ2n) is 7.24. The van der Waals surface area contributed by atoms with Crippen LogP contribution in [0.2, 0.25) is 10.0 Å². The third-order valence-electron chi connectivity index (χ3n) is 5.35. The van der Waals surface area contributed by atoms with E-state index >= 15 is 0 Å². The van der Waals surface area contributed by atoms with Gasteiger partial charge in [0.15, 0.2) is 0 Å². The van der Waals surface area contributed by atoms with Crippen molar-refractivity contribution < 1.29 is 9.53 Å². The van der Waals surface area contributed by atoms with Gasteiger partial charge in [-0.1, -0.05) is 42.1 Å². The second kappa shape index (κ2) is 8.12. The molecule has 0 atom stereocenters. The Morgan fingerprint density at radius 3 is 2.30 bits per heavy atom. The molecule has 0 unspecified atom stereocenters. The van der Waals surface area contributed by atoms with Crippen LogP contribution in [-0.2, 0) is 10.2 Å². The summed E-state index contributed by atoms with van der Waals surface area (Å²) < 4.78 is 5.70. The lowest BCUT2D eigenvalue weighted by molar-refractivity contribution is -0.121. The van der Waals surface area contributed by atoms with Crippen molar-refractivity contribution in [1.82, 2.24) is 0 Å². The molecule has 0 heterocycles. The van der Waals surface area contributed by atoms with E-state index in [9.17, 15) is 4.79 Å². The average Bonchev–Trinajstić information content (AvgIpc) is 3.09. The van der Waals surface area contributed by atoms with E-state index in [0.717, 1.165) is 53.8 Å². The Labute approximate surface area is 171 Å². The molecule has 0 radical (unpaired) electrons. The lowest BCUT2D eigenvalue weighted by atomic mass is 9.78. The Hall–Kier alpha value is -1.71. The first-order valence-electron chi connectivity index (χ1n) is 9.38. The number of hydrogen-bond acceptors (Lipinski definition) is 2. The van der Waals surface area contributed by atoms with Crippen molar-refractivity contribution in [3.8, 4) is 5.75 Å². The third-order valence-corrected chi connectivity index (χ3v) is 5.89. The maximum Gasteiger partial charge on any atom is 0.235 e. The highest BCUT2D eigenvalue weighted by molar-refractivity contribution is 6.35. The molecule has 0 aliphatic heterocycles. The number of benzene rings is 2. The molecule has 0 aromatic heterocycles. The van der Waals surface area contributed by atoms with Crippen LogP contribution in [0.1, 0.15) is 49.3 Å². The first-order valence-corrected chi connectivity index (χ1v) is 10.1. The van der Waals surface area contributed by atoms with E-state index < -0.39 is 5.41 Å². The van der Waals surface area contributed by atoms with Crippen LogP contribution in [0.3, 0.4) is 0 Å². The van der Waals surface area contributed by atoms with E-state index in [1.54, 1.807) is 12.1 Å². The summed E-state index contributed by atoms with van der Waals surface area (Å²) in [5.74, 6) is 0.874. The summed E-state index contributed by atoms with van der Waals surface area (Å²) in [5.41, 5.74) is 3.06. The molecule has 144 valence electrons. The Balaban J connectivity index is 1.93. The lowest BCUT2D eigenvalue weighted by Gasteiger charge is -2.29. The van der Waals surface area contributed by atoms with E-state index in [0.29, 0.717) is 16.7 Å². The first-order chi connectivity index (χ1) is 12.9. The Morgan fingerprint density at radius 2 is 1.74 bits per heavy atom. The molecule has 1 aliphatic rings. The predicted octanol–water partition coefficient (Wildman–Crippen LogP) is 6.46. The number of anilines is 1. The summed E-state index contributed by atoms with van der Waals surface area (Å²) >= 11 is 12.5. The van der Waals surface area contributed by atoms with Crippen LogP contribution >= 0.6 is 23.2 Å². The van der Waals surface area contributed by atoms with Crippen molar-refractivity contribution in [2.75, 3.05) is 11.9 Å². The van der Waals surface area contributed by atoms with E-state index in [4.69, 9.17) is 27.9 Å². The van der Waals surface area contributed by atoms with Crippen LogP contribution in [0.25, 0.3) is 0 Å². The van der Waals surface area contributed by atoms with Crippen LogP contribution in [0.15, 0.2) is 30.3 Å². The minimum atomic E-state index is -0.609. The molecule has 0 saturated heterocycles. The van der Waals surface area contributed by atoms with Gasteiger partial charge in [0, 0.05) is 15.7 Å². The zero-order chi connectivity index (χ0) is 19.6. The molecule has 0 spiro atoms. The maximum atomic E-state index is 13.4. The molecule has 1 fully saturated rings. The topological polar surface area (TPSA) is 38.3 Å². The van der Waals surface area contributed by atoms with Crippen molar-refractivity contribution >= 4 is 34.8 Å². The lowest BCUT2D eigenvalue weighted by Crippen LogP contribution is -2.38. The van der Waals surface area contributed by atoms with Crippen molar-refractivity contribution in [2.24, 2.45) is 0 Å². The standard InChI is InChI=1S/C22H25Cl2NO2/c1-4-27-20-14(2)11-17(12-15(20)3)25-21(26)22(9-5-6-10-22)18-8-7-16(23)13-19(18)24/h7-8,11-13H,4-6,9-10H2,1-3H3,(H,25,26). The largest absolute Gasteiger partial charge is 0.493 e. The molecular formula is C22H25Cl2NO2. The molecule has 1 N–H and O–H groups in total. The molecule has 1 saturated carbocycles. The fraction of sp³-hybridized carbons (Fsp3) is 0.409. The maximum absolute atomic E-state index is 13.4. The zero-order valence-electron chi connectivity index (χ0n) is 16.0. The van der Waals surface area contributed by atoms with Crippen molar-refractivity contribution in [2.45, 2.75) is 51.9 Å². The van der Waals surface area contributed by atoms with Crippen LogP contribution in [0.5, 0.6) is 5.75 Å². The van der Waals surface area contributed by atoms with E-state index in [1.165, 1.54) is 0 Å². The smallest absolute Gasteiger partial charge is 0.235 e. The van der Waals surface area contributed by atoms with E-state index in [2.05, 4.69) is 5.32 Å². The number of carbonyl (C=O) groups is 1. The van der Waals surface area contributed by atoms with Gasteiger partial charge in [-0.3, -0.25) is 4.79 Å². The fourth-order valence-electron chi connectivity index (χ4n) is 4.12. The first kappa shape index (κ1) is 20.0. The Kier molecular flexibility index (Phi) is 6.02. The van der Waals surface area contributed by atoms with Crippen LogP contribution in [-0.4, -0.2) is 12.5 Å². The molecule has 27 heavy (non-hydrogen) atoms. The number of hydrogen-bond donors (Lipinski definition) is 1. The summed E-state index contributed by atoms with van der Waals surface area (Å²) in [6, 6.07) is 9.34. The van der Waals surface area contributed by atoms with Crippen molar-refractivity contribution in [3.63, 3.8) is 0 Å². The predicted molar refractivity (Wildman–Crippen MR) is 112 cm³/mol. The molecule has 2 aromatic carbocycles. The number of halogens is 2. The van der Waals surface area contributed by atoms with Crippen LogP contribution < -0.4 is 10.1 Å². The van der Waals surface area contributed by atoms with E-state index in [1.807, 2.05) is 39.0 Å². The van der Waals surface area contributed by atoms with Crippen molar-refractivity contribution in [1.29, 1.82) is 0 Å². The van der Waals surface area contributed by atoms with Gasteiger partial charge in [-0.15, -0.1) is 0 Å². The molecule has 1 amide bonds. The van der Waals surface area contributed by atoms with E-state index in [-0.39, 0.29) is 5.91 Å².